The molecule has 24 heavy (non-hydrogen) atoms. The number of hydrogen-bond donors (Lipinski definition) is 1. The van der Waals surface area contributed by atoms with Crippen LogP contribution in [0.1, 0.15) is 21.6 Å². The Balaban J connectivity index is 1.95. The molecule has 0 atom stereocenters. The van der Waals surface area contributed by atoms with Crippen LogP contribution in [0.5, 0.6) is 5.75 Å². The molecule has 0 unspecified atom stereocenters. The number of benzene rings is 1. The van der Waals surface area contributed by atoms with Gasteiger partial charge in [-0.3, -0.25) is 9.78 Å². The third kappa shape index (κ3) is 4.61. The summed E-state index contributed by atoms with van der Waals surface area (Å²) >= 11 is 5.82. The molecule has 0 aliphatic heterocycles. The van der Waals surface area contributed by atoms with Crippen molar-refractivity contribution in [1.82, 2.24) is 10.3 Å². The first-order chi connectivity index (χ1) is 11.3. The van der Waals surface area contributed by atoms with Gasteiger partial charge in [0.2, 0.25) is 0 Å². The highest BCUT2D eigenvalue weighted by molar-refractivity contribution is 6.31. The van der Waals surface area contributed by atoms with Crippen LogP contribution in [0.4, 0.5) is 13.2 Å². The Morgan fingerprint density at radius 2 is 2.08 bits per heavy atom. The summed E-state index contributed by atoms with van der Waals surface area (Å²) in [4.78, 5) is 15.7. The summed E-state index contributed by atoms with van der Waals surface area (Å²) in [6.07, 6.45) is -3.55. The lowest BCUT2D eigenvalue weighted by molar-refractivity contribution is -0.137. The fourth-order valence-electron chi connectivity index (χ4n) is 1.97. The van der Waals surface area contributed by atoms with Crippen molar-refractivity contribution in [2.45, 2.75) is 12.6 Å². The molecule has 1 N–H and O–H groups in total. The lowest BCUT2D eigenvalue weighted by Gasteiger charge is -2.10. The van der Waals surface area contributed by atoms with Gasteiger partial charge in [0.1, 0.15) is 5.75 Å². The number of alkyl halides is 3. The number of carbonyl (C=O) groups excluding carboxylic acids is 1. The Hall–Kier alpha value is -2.28. The van der Waals surface area contributed by atoms with Gasteiger partial charge in [-0.05, 0) is 24.3 Å². The number of pyridine rings is 1. The van der Waals surface area contributed by atoms with Crippen molar-refractivity contribution in [3.05, 3.63) is 58.4 Å². The quantitative estimate of drug-likeness (QED) is 0.886. The van der Waals surface area contributed by atoms with E-state index in [1.807, 2.05) is 0 Å². The van der Waals surface area contributed by atoms with Crippen molar-refractivity contribution in [1.29, 1.82) is 0 Å². The van der Waals surface area contributed by atoms with E-state index in [1.165, 1.54) is 7.11 Å². The van der Waals surface area contributed by atoms with Crippen LogP contribution in [0.15, 0.2) is 36.5 Å². The fourth-order valence-corrected chi connectivity index (χ4v) is 2.23. The highest BCUT2D eigenvalue weighted by Crippen LogP contribution is 2.31. The maximum Gasteiger partial charge on any atom is 0.417 e. The molecule has 0 aliphatic rings. The lowest BCUT2D eigenvalue weighted by atomic mass is 10.2. The van der Waals surface area contributed by atoms with Gasteiger partial charge in [-0.15, -0.1) is 0 Å². The van der Waals surface area contributed by atoms with Crippen molar-refractivity contribution in [2.24, 2.45) is 0 Å². The third-order valence-corrected chi connectivity index (χ3v) is 3.55. The van der Waals surface area contributed by atoms with Crippen LogP contribution < -0.4 is 10.1 Å². The van der Waals surface area contributed by atoms with Crippen molar-refractivity contribution < 1.29 is 22.7 Å². The summed E-state index contributed by atoms with van der Waals surface area (Å²) in [5.74, 6) is 0.229. The SMILES string of the molecule is COc1cccc(C(=O)NCCc2ncc(C(F)(F)F)cc2Cl)c1. The molecule has 1 amide bonds. The topological polar surface area (TPSA) is 51.2 Å². The maximum atomic E-state index is 12.5. The zero-order chi connectivity index (χ0) is 17.7. The van der Waals surface area contributed by atoms with E-state index in [4.69, 9.17) is 16.3 Å². The number of nitrogens with one attached hydrogen (secondary N) is 1. The molecule has 4 nitrogen and oxygen atoms in total. The molecular formula is C16H14ClF3N2O2. The molecule has 1 heterocycles. The van der Waals surface area contributed by atoms with Gasteiger partial charge >= 0.3 is 6.18 Å². The summed E-state index contributed by atoms with van der Waals surface area (Å²) < 4.78 is 42.7. The maximum absolute atomic E-state index is 12.5. The van der Waals surface area contributed by atoms with E-state index >= 15 is 0 Å². The molecule has 0 spiro atoms. The Morgan fingerprint density at radius 3 is 2.71 bits per heavy atom. The molecular weight excluding hydrogens is 345 g/mol. The van der Waals surface area contributed by atoms with Crippen molar-refractivity contribution in [3.8, 4) is 5.75 Å². The van der Waals surface area contributed by atoms with Crippen molar-refractivity contribution >= 4 is 17.5 Å². The van der Waals surface area contributed by atoms with E-state index in [9.17, 15) is 18.0 Å². The molecule has 2 rings (SSSR count). The fraction of sp³-hybridized carbons (Fsp3) is 0.250. The van der Waals surface area contributed by atoms with Gasteiger partial charge < -0.3 is 10.1 Å². The van der Waals surface area contributed by atoms with Gasteiger partial charge in [-0.25, -0.2) is 0 Å². The van der Waals surface area contributed by atoms with Crippen LogP contribution in [0.25, 0.3) is 0 Å². The highest BCUT2D eigenvalue weighted by Gasteiger charge is 2.31. The Morgan fingerprint density at radius 1 is 1.33 bits per heavy atom. The largest absolute Gasteiger partial charge is 0.497 e. The van der Waals surface area contributed by atoms with Gasteiger partial charge in [0.25, 0.3) is 5.91 Å². The van der Waals surface area contributed by atoms with Crippen LogP contribution in [0.3, 0.4) is 0 Å². The van der Waals surface area contributed by atoms with Crippen LogP contribution in [0.2, 0.25) is 5.02 Å². The summed E-state index contributed by atoms with van der Waals surface area (Å²) in [6, 6.07) is 7.43. The summed E-state index contributed by atoms with van der Waals surface area (Å²) in [5.41, 5.74) is -0.201. The predicted molar refractivity (Wildman–Crippen MR) is 83.3 cm³/mol. The first kappa shape index (κ1) is 18.1. The molecule has 0 saturated heterocycles. The van der Waals surface area contributed by atoms with E-state index in [0.29, 0.717) is 11.3 Å². The second kappa shape index (κ2) is 7.53. The number of rotatable bonds is 5. The monoisotopic (exact) mass is 358 g/mol. The minimum absolute atomic E-state index is 0.0829. The Labute approximate surface area is 141 Å². The van der Waals surface area contributed by atoms with Gasteiger partial charge in [0.15, 0.2) is 0 Å². The molecule has 0 bridgehead atoms. The van der Waals surface area contributed by atoms with Crippen molar-refractivity contribution in [2.75, 3.05) is 13.7 Å². The van der Waals surface area contributed by atoms with Crippen molar-refractivity contribution in [3.63, 3.8) is 0 Å². The number of aromatic nitrogens is 1. The lowest BCUT2D eigenvalue weighted by Crippen LogP contribution is -2.26. The molecule has 0 radical (unpaired) electrons. The Kier molecular flexibility index (Phi) is 5.66. The molecule has 1 aromatic carbocycles. The molecule has 8 heteroatoms. The number of ether oxygens (including phenoxy) is 1. The second-order valence-electron chi connectivity index (χ2n) is 4.89. The number of halogens is 4. The Bertz CT molecular complexity index is 736. The summed E-state index contributed by atoms with van der Waals surface area (Å²) in [5, 5.41) is 2.57. The van der Waals surface area contributed by atoms with Crippen LogP contribution in [0, 0.1) is 0 Å². The normalized spacial score (nSPS) is 11.2. The van der Waals surface area contributed by atoms with Gasteiger partial charge in [-0.1, -0.05) is 17.7 Å². The number of hydrogen-bond acceptors (Lipinski definition) is 3. The number of nitrogens with zero attached hydrogens (tertiary/aromatic N) is 1. The molecule has 2 aromatic rings. The average Bonchev–Trinajstić information content (AvgIpc) is 2.55. The second-order valence-corrected chi connectivity index (χ2v) is 5.30. The van der Waals surface area contributed by atoms with Crippen LogP contribution in [-0.2, 0) is 12.6 Å². The van der Waals surface area contributed by atoms with E-state index in [0.717, 1.165) is 12.3 Å². The first-order valence-corrected chi connectivity index (χ1v) is 7.33. The van der Waals surface area contributed by atoms with E-state index in [-0.39, 0.29) is 29.6 Å². The molecule has 0 saturated carbocycles. The minimum Gasteiger partial charge on any atom is -0.497 e. The number of methoxy groups -OCH3 is 1. The third-order valence-electron chi connectivity index (χ3n) is 3.22. The van der Waals surface area contributed by atoms with E-state index in [2.05, 4.69) is 10.3 Å². The average molecular weight is 359 g/mol. The zero-order valence-electron chi connectivity index (χ0n) is 12.7. The standard InChI is InChI=1S/C16H14ClF3N2O2/c1-24-12-4-2-3-10(7-12)15(23)21-6-5-14-13(17)8-11(9-22-14)16(18,19)20/h2-4,7-9H,5-6H2,1H3,(H,21,23). The molecule has 0 aliphatic carbocycles. The smallest absolute Gasteiger partial charge is 0.417 e. The summed E-state index contributed by atoms with van der Waals surface area (Å²) in [7, 11) is 1.50. The van der Waals surface area contributed by atoms with Gasteiger partial charge in [0, 0.05) is 24.7 Å². The highest BCUT2D eigenvalue weighted by atomic mass is 35.5. The zero-order valence-corrected chi connectivity index (χ0v) is 13.4. The van der Waals surface area contributed by atoms with Gasteiger partial charge in [-0.2, -0.15) is 13.2 Å². The van der Waals surface area contributed by atoms with Gasteiger partial charge in [0.05, 0.1) is 23.4 Å². The molecule has 0 fully saturated rings. The summed E-state index contributed by atoms with van der Waals surface area (Å²) in [6.45, 7) is 0.189. The number of amides is 1. The van der Waals surface area contributed by atoms with Crippen LogP contribution >= 0.6 is 11.6 Å². The van der Waals surface area contributed by atoms with Crippen LogP contribution in [-0.4, -0.2) is 24.5 Å². The molecule has 128 valence electrons. The minimum atomic E-state index is -4.49. The first-order valence-electron chi connectivity index (χ1n) is 6.95. The number of carbonyl (C=O) groups is 1. The molecule has 1 aromatic heterocycles. The van der Waals surface area contributed by atoms with E-state index in [1.54, 1.807) is 24.3 Å². The van der Waals surface area contributed by atoms with E-state index < -0.39 is 11.7 Å². The predicted octanol–water partition coefficient (Wildman–Crippen LogP) is 3.73.